The lowest BCUT2D eigenvalue weighted by Gasteiger charge is -2.12. The number of carbonyl (C=O) groups is 2. The van der Waals surface area contributed by atoms with E-state index in [1.54, 1.807) is 0 Å². The summed E-state index contributed by atoms with van der Waals surface area (Å²) in [7, 11) is -3.45. The molecule has 0 aliphatic carbocycles. The fourth-order valence-corrected chi connectivity index (χ4v) is 1.84. The molecule has 0 saturated carbocycles. The van der Waals surface area contributed by atoms with Gasteiger partial charge in [0.05, 0.1) is 19.4 Å². The molecule has 0 bridgehead atoms. The lowest BCUT2D eigenvalue weighted by Crippen LogP contribution is -2.18. The molecule has 2 unspecified atom stereocenters. The molecular weight excluding hydrogens is 279 g/mol. The Labute approximate surface area is 108 Å². The molecule has 106 valence electrons. The first-order valence-electron chi connectivity index (χ1n) is 5.16. The molecule has 0 fully saturated rings. The summed E-state index contributed by atoms with van der Waals surface area (Å²) in [5.41, 5.74) is 0. The minimum absolute atomic E-state index is 0.195. The van der Waals surface area contributed by atoms with Gasteiger partial charge in [-0.1, -0.05) is 6.92 Å². The Hall–Kier alpha value is -1.86. The van der Waals surface area contributed by atoms with Crippen LogP contribution >= 0.6 is 7.82 Å². The third-order valence-corrected chi connectivity index (χ3v) is 2.83. The zero-order chi connectivity index (χ0) is 14.5. The second-order valence-electron chi connectivity index (χ2n) is 3.56. The van der Waals surface area contributed by atoms with Gasteiger partial charge in [-0.05, 0) is 0 Å². The van der Waals surface area contributed by atoms with Crippen LogP contribution in [0.1, 0.15) is 13.3 Å². The monoisotopic (exact) mass is 292 g/mol. The van der Waals surface area contributed by atoms with Crippen molar-refractivity contribution < 1.29 is 32.8 Å². The molecule has 0 spiro atoms. The Balaban J connectivity index is 2.51. The quantitative estimate of drug-likeness (QED) is 0.577. The van der Waals surface area contributed by atoms with Gasteiger partial charge in [0.2, 0.25) is 5.88 Å². The number of nitrogens with one attached hydrogen (secondary N) is 1. The Kier molecular flexibility index (Phi) is 5.08. The Morgan fingerprint density at radius 3 is 2.79 bits per heavy atom. The average Bonchev–Trinajstić information content (AvgIpc) is 2.78. The lowest BCUT2D eigenvalue weighted by molar-refractivity contribution is -0.149. The summed E-state index contributed by atoms with van der Waals surface area (Å²) < 4.78 is 24.6. The van der Waals surface area contributed by atoms with Crippen LogP contribution in [0.5, 0.6) is 5.88 Å². The minimum atomic E-state index is -4.62. The lowest BCUT2D eigenvalue weighted by atomic mass is 10.1. The summed E-state index contributed by atoms with van der Waals surface area (Å²) in [6.07, 6.45) is 0.956. The number of nitrogens with zero attached hydrogens (tertiary/aromatic N) is 1. The number of phosphoric ester groups is 1. The summed E-state index contributed by atoms with van der Waals surface area (Å²) in [6.45, 7) is 1.42. The summed E-state index contributed by atoms with van der Waals surface area (Å²) in [4.78, 5) is 31.7. The molecule has 2 atom stereocenters. The van der Waals surface area contributed by atoms with Crippen LogP contribution < -0.4 is 4.52 Å². The topological polar surface area (TPSA) is 128 Å². The maximum atomic E-state index is 11.4. The Morgan fingerprint density at radius 1 is 1.58 bits per heavy atom. The van der Waals surface area contributed by atoms with E-state index < -0.39 is 32.1 Å². The predicted molar refractivity (Wildman–Crippen MR) is 60.9 cm³/mol. The first-order valence-corrected chi connectivity index (χ1v) is 6.66. The van der Waals surface area contributed by atoms with Gasteiger partial charge < -0.3 is 13.8 Å². The van der Waals surface area contributed by atoms with Crippen molar-refractivity contribution in [1.29, 1.82) is 0 Å². The van der Waals surface area contributed by atoms with Crippen LogP contribution in [0.3, 0.4) is 0 Å². The number of hydrogen-bond acceptors (Lipinski definition) is 7. The van der Waals surface area contributed by atoms with Crippen molar-refractivity contribution in [2.24, 2.45) is 5.92 Å². The summed E-state index contributed by atoms with van der Waals surface area (Å²) in [6, 6.07) is 1.27. The largest absolute Gasteiger partial charge is 0.588 e. The number of carbonyl (C=O) groups excluding carboxylic acids is 2. The van der Waals surface area contributed by atoms with Crippen LogP contribution in [0.4, 0.5) is 0 Å². The van der Waals surface area contributed by atoms with E-state index in [0.717, 1.165) is 0 Å². The smallest absolute Gasteiger partial charge is 0.469 e. The maximum Gasteiger partial charge on any atom is 0.588 e. The van der Waals surface area contributed by atoms with Gasteiger partial charge in [-0.15, -0.1) is 5.10 Å². The van der Waals surface area contributed by atoms with Crippen LogP contribution in [0.2, 0.25) is 0 Å². The first kappa shape index (κ1) is 15.2. The molecule has 19 heavy (non-hydrogen) atoms. The fourth-order valence-electron chi connectivity index (χ4n) is 1.13. The summed E-state index contributed by atoms with van der Waals surface area (Å²) in [5.74, 6) is -2.67. The number of aromatic amines is 1. The van der Waals surface area contributed by atoms with E-state index in [1.165, 1.54) is 26.3 Å². The van der Waals surface area contributed by atoms with Crippen molar-refractivity contribution in [3.8, 4) is 5.88 Å². The van der Waals surface area contributed by atoms with Crippen molar-refractivity contribution in [3.63, 3.8) is 0 Å². The molecule has 9 nitrogen and oxygen atoms in total. The van der Waals surface area contributed by atoms with E-state index in [-0.39, 0.29) is 5.88 Å². The number of methoxy groups -OCH3 is 1. The average molecular weight is 292 g/mol. The maximum absolute atomic E-state index is 11.4. The molecule has 1 aromatic heterocycles. The number of esters is 1. The molecule has 1 heterocycles. The van der Waals surface area contributed by atoms with E-state index in [9.17, 15) is 19.0 Å². The van der Waals surface area contributed by atoms with E-state index >= 15 is 0 Å². The molecule has 0 aliphatic rings. The second-order valence-corrected chi connectivity index (χ2v) is 4.87. The highest BCUT2D eigenvalue weighted by atomic mass is 31.2. The van der Waals surface area contributed by atoms with Gasteiger partial charge >= 0.3 is 19.8 Å². The SMILES string of the molecule is COC(=O)C(C)CC(=O)OP(=O)(O)Oc1cc[nH]n1. The van der Waals surface area contributed by atoms with E-state index in [2.05, 4.69) is 24.0 Å². The number of hydrogen-bond donors (Lipinski definition) is 2. The highest BCUT2D eigenvalue weighted by molar-refractivity contribution is 7.48. The second kappa shape index (κ2) is 6.35. The molecule has 0 saturated heterocycles. The minimum Gasteiger partial charge on any atom is -0.469 e. The van der Waals surface area contributed by atoms with Gasteiger partial charge in [-0.25, -0.2) is 4.57 Å². The Morgan fingerprint density at radius 2 is 2.26 bits per heavy atom. The van der Waals surface area contributed by atoms with E-state index in [4.69, 9.17) is 0 Å². The van der Waals surface area contributed by atoms with Crippen molar-refractivity contribution in [2.45, 2.75) is 13.3 Å². The molecule has 0 amide bonds. The van der Waals surface area contributed by atoms with Crippen LogP contribution in [0.25, 0.3) is 0 Å². The summed E-state index contributed by atoms with van der Waals surface area (Å²) in [5, 5.41) is 5.82. The molecule has 1 aromatic rings. The molecule has 2 N–H and O–H groups in total. The number of rotatable bonds is 6. The van der Waals surface area contributed by atoms with Gasteiger partial charge in [-0.2, -0.15) is 0 Å². The summed E-state index contributed by atoms with van der Waals surface area (Å²) >= 11 is 0. The van der Waals surface area contributed by atoms with Crippen LogP contribution in [0, 0.1) is 5.92 Å². The Bertz CT molecular complexity index is 487. The van der Waals surface area contributed by atoms with Crippen LogP contribution in [-0.2, 0) is 23.4 Å². The first-order chi connectivity index (χ1) is 8.84. The van der Waals surface area contributed by atoms with E-state index in [0.29, 0.717) is 0 Å². The molecule has 0 aromatic carbocycles. The van der Waals surface area contributed by atoms with Gasteiger partial charge in [0.25, 0.3) is 0 Å². The number of aromatic nitrogens is 2. The van der Waals surface area contributed by atoms with Crippen molar-refractivity contribution in [1.82, 2.24) is 10.2 Å². The number of phosphoric acid groups is 1. The highest BCUT2D eigenvalue weighted by Crippen LogP contribution is 2.43. The zero-order valence-corrected chi connectivity index (χ0v) is 11.1. The molecule has 0 aliphatic heterocycles. The third-order valence-electron chi connectivity index (χ3n) is 1.98. The predicted octanol–water partition coefficient (Wildman–Crippen LogP) is 0.631. The fraction of sp³-hybridized carbons (Fsp3) is 0.444. The van der Waals surface area contributed by atoms with Crippen molar-refractivity contribution in [3.05, 3.63) is 12.3 Å². The standard InChI is InChI=1S/C9H13N2O7P/c1-6(9(13)16-2)5-8(12)18-19(14,15)17-7-3-4-10-11-7/h3-4,6H,5H2,1-2H3,(H,10,11)(H,14,15). The van der Waals surface area contributed by atoms with Gasteiger partial charge in [0, 0.05) is 12.3 Å². The zero-order valence-electron chi connectivity index (χ0n) is 10.2. The normalized spacial score (nSPS) is 15.1. The van der Waals surface area contributed by atoms with Gasteiger partial charge in [-0.3, -0.25) is 19.6 Å². The van der Waals surface area contributed by atoms with Crippen molar-refractivity contribution in [2.75, 3.05) is 7.11 Å². The molecule has 1 rings (SSSR count). The van der Waals surface area contributed by atoms with Crippen LogP contribution in [-0.4, -0.2) is 34.1 Å². The highest BCUT2D eigenvalue weighted by Gasteiger charge is 2.30. The third kappa shape index (κ3) is 5.11. The molecule has 10 heteroatoms. The number of H-pyrrole nitrogens is 1. The van der Waals surface area contributed by atoms with Crippen molar-refractivity contribution >= 4 is 19.8 Å². The number of ether oxygens (including phenoxy) is 1. The van der Waals surface area contributed by atoms with Crippen LogP contribution in [0.15, 0.2) is 12.3 Å². The molecular formula is C9H13N2O7P. The molecule has 0 radical (unpaired) electrons. The van der Waals surface area contributed by atoms with Gasteiger partial charge in [0.15, 0.2) is 0 Å². The van der Waals surface area contributed by atoms with Gasteiger partial charge in [0.1, 0.15) is 0 Å². The van der Waals surface area contributed by atoms with E-state index in [1.807, 2.05) is 0 Å².